The van der Waals surface area contributed by atoms with Crippen molar-refractivity contribution in [2.24, 2.45) is 0 Å². The quantitative estimate of drug-likeness (QED) is 0.716. The van der Waals surface area contributed by atoms with Crippen LogP contribution in [0.1, 0.15) is 40.0 Å². The lowest BCUT2D eigenvalue weighted by atomic mass is 10.2. The van der Waals surface area contributed by atoms with Crippen molar-refractivity contribution in [1.82, 2.24) is 4.31 Å². The third-order valence-corrected chi connectivity index (χ3v) is 4.18. The van der Waals surface area contributed by atoms with E-state index in [1.807, 2.05) is 0 Å². The van der Waals surface area contributed by atoms with Crippen LogP contribution >= 0.6 is 0 Å². The summed E-state index contributed by atoms with van der Waals surface area (Å²) in [6, 6.07) is 0. The second kappa shape index (κ2) is 5.35. The smallest absolute Gasteiger partial charge is 0.323 e. The summed E-state index contributed by atoms with van der Waals surface area (Å²) in [7, 11) is -3.50. The van der Waals surface area contributed by atoms with Gasteiger partial charge in [-0.25, -0.2) is 12.7 Å². The number of esters is 1. The highest BCUT2D eigenvalue weighted by Gasteiger charge is 2.29. The molecule has 100 valence electrons. The summed E-state index contributed by atoms with van der Waals surface area (Å²) in [4.78, 5) is 11.5. The molecule has 1 rings (SSSR count). The van der Waals surface area contributed by atoms with E-state index in [0.29, 0.717) is 13.1 Å². The van der Waals surface area contributed by atoms with Crippen LogP contribution in [0.15, 0.2) is 0 Å². The summed E-state index contributed by atoms with van der Waals surface area (Å²) in [6.45, 7) is 6.20. The van der Waals surface area contributed by atoms with Gasteiger partial charge >= 0.3 is 5.97 Å². The van der Waals surface area contributed by atoms with Crippen LogP contribution in [0.3, 0.4) is 0 Å². The normalized spacial score (nSPS) is 19.0. The van der Waals surface area contributed by atoms with Gasteiger partial charge in [-0.05, 0) is 33.6 Å². The molecule has 0 spiro atoms. The monoisotopic (exact) mass is 263 g/mol. The maximum Gasteiger partial charge on any atom is 0.323 e. The Morgan fingerprint density at radius 2 is 1.71 bits per heavy atom. The molecule has 0 aliphatic carbocycles. The lowest BCUT2D eigenvalue weighted by Gasteiger charge is -2.26. The molecular weight excluding hydrogens is 242 g/mol. The molecule has 6 heteroatoms. The first-order valence-corrected chi connectivity index (χ1v) is 7.51. The summed E-state index contributed by atoms with van der Waals surface area (Å²) >= 11 is 0. The van der Waals surface area contributed by atoms with Crippen molar-refractivity contribution in [2.45, 2.75) is 45.6 Å². The van der Waals surface area contributed by atoms with Crippen molar-refractivity contribution in [2.75, 3.05) is 18.8 Å². The molecule has 0 aromatic rings. The van der Waals surface area contributed by atoms with E-state index in [0.717, 1.165) is 19.3 Å². The van der Waals surface area contributed by atoms with Crippen molar-refractivity contribution in [3.63, 3.8) is 0 Å². The molecule has 0 aromatic heterocycles. The Balaban J connectivity index is 2.57. The highest BCUT2D eigenvalue weighted by atomic mass is 32.2. The van der Waals surface area contributed by atoms with Crippen molar-refractivity contribution in [1.29, 1.82) is 0 Å². The Bertz CT molecular complexity index is 363. The summed E-state index contributed by atoms with van der Waals surface area (Å²) in [5, 5.41) is 0. The number of piperidine rings is 1. The van der Waals surface area contributed by atoms with Crippen molar-refractivity contribution < 1.29 is 17.9 Å². The van der Waals surface area contributed by atoms with Gasteiger partial charge in [-0.1, -0.05) is 6.42 Å². The van der Waals surface area contributed by atoms with Gasteiger partial charge in [-0.15, -0.1) is 0 Å². The number of carbonyl (C=O) groups excluding carboxylic acids is 1. The molecule has 5 nitrogen and oxygen atoms in total. The molecule has 0 aromatic carbocycles. The van der Waals surface area contributed by atoms with Crippen LogP contribution in [0.2, 0.25) is 0 Å². The number of rotatable bonds is 3. The molecule has 0 unspecified atom stereocenters. The van der Waals surface area contributed by atoms with Gasteiger partial charge in [0.05, 0.1) is 0 Å². The van der Waals surface area contributed by atoms with Crippen LogP contribution in [-0.2, 0) is 19.6 Å². The topological polar surface area (TPSA) is 63.7 Å². The zero-order valence-electron chi connectivity index (χ0n) is 10.7. The largest absolute Gasteiger partial charge is 0.459 e. The van der Waals surface area contributed by atoms with Gasteiger partial charge in [-0.2, -0.15) is 0 Å². The molecule has 0 atom stereocenters. The third kappa shape index (κ3) is 5.04. The summed E-state index contributed by atoms with van der Waals surface area (Å²) in [6.07, 6.45) is 2.79. The zero-order valence-corrected chi connectivity index (χ0v) is 11.5. The first kappa shape index (κ1) is 14.4. The predicted octanol–water partition coefficient (Wildman–Crippen LogP) is 1.14. The maximum atomic E-state index is 11.9. The molecule has 0 N–H and O–H groups in total. The summed E-state index contributed by atoms with van der Waals surface area (Å²) < 4.78 is 30.2. The standard InChI is InChI=1S/C11H21NO4S/c1-11(2,3)16-10(13)9-17(14,15)12-7-5-4-6-8-12/h4-9H2,1-3H3. The average Bonchev–Trinajstić information content (AvgIpc) is 2.15. The Morgan fingerprint density at radius 1 is 1.18 bits per heavy atom. The Kier molecular flexibility index (Phi) is 4.55. The number of carbonyl (C=O) groups is 1. The van der Waals surface area contributed by atoms with Gasteiger partial charge in [0, 0.05) is 13.1 Å². The van der Waals surface area contributed by atoms with E-state index in [1.54, 1.807) is 20.8 Å². The number of nitrogens with zero attached hydrogens (tertiary/aromatic N) is 1. The van der Waals surface area contributed by atoms with E-state index in [-0.39, 0.29) is 0 Å². The molecule has 1 aliphatic heterocycles. The maximum absolute atomic E-state index is 11.9. The molecule has 1 saturated heterocycles. The summed E-state index contributed by atoms with van der Waals surface area (Å²) in [5.74, 6) is -1.23. The predicted molar refractivity (Wildman–Crippen MR) is 65.1 cm³/mol. The first-order chi connectivity index (χ1) is 7.71. The Labute approximate surface area is 103 Å². The van der Waals surface area contributed by atoms with Gasteiger partial charge in [0.25, 0.3) is 0 Å². The van der Waals surface area contributed by atoms with Crippen LogP contribution in [0.5, 0.6) is 0 Å². The SMILES string of the molecule is CC(C)(C)OC(=O)CS(=O)(=O)N1CCCCC1. The van der Waals surface area contributed by atoms with Crippen molar-refractivity contribution in [3.8, 4) is 0 Å². The zero-order chi connectivity index (χ0) is 13.1. The van der Waals surface area contributed by atoms with Crippen LogP contribution in [0, 0.1) is 0 Å². The van der Waals surface area contributed by atoms with Crippen molar-refractivity contribution in [3.05, 3.63) is 0 Å². The fourth-order valence-corrected chi connectivity index (χ4v) is 3.11. The van der Waals surface area contributed by atoms with Gasteiger partial charge in [-0.3, -0.25) is 4.79 Å². The highest BCUT2D eigenvalue weighted by Crippen LogP contribution is 2.15. The molecule has 1 fully saturated rings. The number of hydrogen-bond acceptors (Lipinski definition) is 4. The van der Waals surface area contributed by atoms with Gasteiger partial charge in [0.2, 0.25) is 10.0 Å². The number of sulfonamides is 1. The fourth-order valence-electron chi connectivity index (χ4n) is 1.75. The third-order valence-electron chi connectivity index (χ3n) is 2.43. The van der Waals surface area contributed by atoms with E-state index < -0.39 is 27.3 Å². The minimum Gasteiger partial charge on any atom is -0.459 e. The second-order valence-electron chi connectivity index (χ2n) is 5.30. The van der Waals surface area contributed by atoms with Crippen LogP contribution in [0.4, 0.5) is 0 Å². The van der Waals surface area contributed by atoms with E-state index in [4.69, 9.17) is 4.74 Å². The molecular formula is C11H21NO4S. The van der Waals surface area contributed by atoms with Crippen LogP contribution in [0.25, 0.3) is 0 Å². The van der Waals surface area contributed by atoms with Crippen LogP contribution < -0.4 is 0 Å². The highest BCUT2D eigenvalue weighted by molar-refractivity contribution is 7.89. The van der Waals surface area contributed by atoms with E-state index in [2.05, 4.69) is 0 Å². The van der Waals surface area contributed by atoms with Gasteiger partial charge < -0.3 is 4.74 Å². The lowest BCUT2D eigenvalue weighted by molar-refractivity contribution is -0.151. The molecule has 0 bridgehead atoms. The first-order valence-electron chi connectivity index (χ1n) is 5.90. The Morgan fingerprint density at radius 3 is 2.18 bits per heavy atom. The fraction of sp³-hybridized carbons (Fsp3) is 0.909. The molecule has 1 aliphatic rings. The average molecular weight is 263 g/mol. The molecule has 1 heterocycles. The number of ether oxygens (including phenoxy) is 1. The minimum absolute atomic E-state index is 0.519. The molecule has 0 radical (unpaired) electrons. The summed E-state index contributed by atoms with van der Waals surface area (Å²) in [5.41, 5.74) is -0.644. The lowest BCUT2D eigenvalue weighted by Crippen LogP contribution is -2.40. The van der Waals surface area contributed by atoms with E-state index in [1.165, 1.54) is 4.31 Å². The van der Waals surface area contributed by atoms with E-state index in [9.17, 15) is 13.2 Å². The minimum atomic E-state index is -3.50. The molecule has 0 amide bonds. The number of hydrogen-bond donors (Lipinski definition) is 0. The van der Waals surface area contributed by atoms with Gasteiger partial charge in [0.15, 0.2) is 5.75 Å². The van der Waals surface area contributed by atoms with Gasteiger partial charge in [0.1, 0.15) is 5.60 Å². The second-order valence-corrected chi connectivity index (χ2v) is 7.27. The Hall–Kier alpha value is -0.620. The molecule has 17 heavy (non-hydrogen) atoms. The van der Waals surface area contributed by atoms with Crippen molar-refractivity contribution >= 4 is 16.0 Å². The van der Waals surface area contributed by atoms with E-state index >= 15 is 0 Å². The molecule has 0 saturated carbocycles. The van der Waals surface area contributed by atoms with Crippen LogP contribution in [-0.4, -0.2) is 43.1 Å².